The topological polar surface area (TPSA) is 116 Å². The van der Waals surface area contributed by atoms with Gasteiger partial charge in [-0.25, -0.2) is 4.79 Å². The minimum absolute atomic E-state index is 0.211. The Morgan fingerprint density at radius 1 is 1.40 bits per heavy atom. The molecule has 0 unspecified atom stereocenters. The van der Waals surface area contributed by atoms with Crippen LogP contribution in [0.25, 0.3) is 0 Å². The van der Waals surface area contributed by atoms with Crippen LogP contribution in [0, 0.1) is 10.1 Å². The lowest BCUT2D eigenvalue weighted by Gasteiger charge is -2.11. The first-order valence-electron chi connectivity index (χ1n) is 7.35. The van der Waals surface area contributed by atoms with Crippen LogP contribution in [0.2, 0.25) is 0 Å². The molecule has 2 rings (SSSR count). The minimum Gasteiger partial charge on any atom is -0.462 e. The van der Waals surface area contributed by atoms with E-state index in [1.54, 1.807) is 18.2 Å². The second-order valence-corrected chi connectivity index (χ2v) is 5.92. The van der Waals surface area contributed by atoms with Crippen LogP contribution in [0.4, 0.5) is 11.5 Å². The van der Waals surface area contributed by atoms with Gasteiger partial charge in [-0.1, -0.05) is 22.9 Å². The predicted octanol–water partition coefficient (Wildman–Crippen LogP) is 2.76. The van der Waals surface area contributed by atoms with Gasteiger partial charge in [0.15, 0.2) is 0 Å². The molecule has 0 aliphatic rings. The molecule has 0 aliphatic heterocycles. The van der Waals surface area contributed by atoms with E-state index < -0.39 is 16.8 Å². The standard InChI is InChI=1S/C15H15BrN4O5/c1-2-7-25-15(22)11-8-10(16)3-4-12(11)17-14(21)9-19-6-5-13(18-19)20(23)24/h3-6,8H,2,7,9H2,1H3,(H,17,21). The molecule has 1 amide bonds. The molecule has 25 heavy (non-hydrogen) atoms. The maximum atomic E-state index is 12.1. The first-order chi connectivity index (χ1) is 11.9. The summed E-state index contributed by atoms with van der Waals surface area (Å²) in [6, 6.07) is 5.98. The number of hydrogen-bond donors (Lipinski definition) is 1. The Kier molecular flexibility index (Phi) is 6.23. The lowest BCUT2D eigenvalue weighted by Crippen LogP contribution is -2.21. The van der Waals surface area contributed by atoms with Gasteiger partial charge in [-0.05, 0) is 29.5 Å². The number of carbonyl (C=O) groups excluding carboxylic acids is 2. The van der Waals surface area contributed by atoms with E-state index in [-0.39, 0.29) is 30.2 Å². The normalized spacial score (nSPS) is 10.3. The Hall–Kier alpha value is -2.75. The monoisotopic (exact) mass is 410 g/mol. The van der Waals surface area contributed by atoms with Crippen LogP contribution in [-0.2, 0) is 16.1 Å². The van der Waals surface area contributed by atoms with Crippen molar-refractivity contribution < 1.29 is 19.2 Å². The zero-order chi connectivity index (χ0) is 18.4. The molecule has 0 atom stereocenters. The molecule has 9 nitrogen and oxygen atoms in total. The molecule has 1 aromatic carbocycles. The molecule has 1 N–H and O–H groups in total. The SMILES string of the molecule is CCCOC(=O)c1cc(Br)ccc1NC(=O)Cn1ccc([N+](=O)[O-])n1. The molecule has 0 saturated heterocycles. The zero-order valence-electron chi connectivity index (χ0n) is 13.3. The number of halogens is 1. The average Bonchev–Trinajstić information content (AvgIpc) is 3.02. The van der Waals surface area contributed by atoms with Crippen LogP contribution in [0.5, 0.6) is 0 Å². The third kappa shape index (κ3) is 5.11. The maximum absolute atomic E-state index is 12.1. The Balaban J connectivity index is 2.11. The Morgan fingerprint density at radius 2 is 2.16 bits per heavy atom. The summed E-state index contributed by atoms with van der Waals surface area (Å²) in [5, 5.41) is 16.9. The molecule has 0 aliphatic carbocycles. The third-order valence-electron chi connectivity index (χ3n) is 3.03. The van der Waals surface area contributed by atoms with E-state index in [1.807, 2.05) is 6.92 Å². The number of ether oxygens (including phenoxy) is 1. The molecule has 0 radical (unpaired) electrons. The molecule has 0 fully saturated rings. The Morgan fingerprint density at radius 3 is 2.80 bits per heavy atom. The van der Waals surface area contributed by atoms with Crippen molar-refractivity contribution in [2.45, 2.75) is 19.9 Å². The first kappa shape index (κ1) is 18.6. The lowest BCUT2D eigenvalue weighted by molar-refractivity contribution is -0.389. The second-order valence-electron chi connectivity index (χ2n) is 5.00. The minimum atomic E-state index is -0.648. The number of amides is 1. The fourth-order valence-electron chi connectivity index (χ4n) is 1.94. The largest absolute Gasteiger partial charge is 0.462 e. The van der Waals surface area contributed by atoms with Crippen molar-refractivity contribution in [1.29, 1.82) is 0 Å². The van der Waals surface area contributed by atoms with Crippen LogP contribution in [0.3, 0.4) is 0 Å². The van der Waals surface area contributed by atoms with Crippen molar-refractivity contribution in [3.63, 3.8) is 0 Å². The number of rotatable bonds is 7. The van der Waals surface area contributed by atoms with Gasteiger partial charge in [0.1, 0.15) is 6.54 Å². The summed E-state index contributed by atoms with van der Waals surface area (Å²) in [6.45, 7) is 1.92. The number of nitrogens with one attached hydrogen (secondary N) is 1. The average molecular weight is 411 g/mol. The number of benzene rings is 1. The van der Waals surface area contributed by atoms with Gasteiger partial charge in [0.25, 0.3) is 0 Å². The fraction of sp³-hybridized carbons (Fsp3) is 0.267. The highest BCUT2D eigenvalue weighted by Crippen LogP contribution is 2.22. The number of aromatic nitrogens is 2. The number of hydrogen-bond acceptors (Lipinski definition) is 6. The van der Waals surface area contributed by atoms with Gasteiger partial charge < -0.3 is 20.2 Å². The molecular weight excluding hydrogens is 396 g/mol. The van der Waals surface area contributed by atoms with Crippen LogP contribution in [-0.4, -0.2) is 33.2 Å². The lowest BCUT2D eigenvalue weighted by atomic mass is 10.2. The van der Waals surface area contributed by atoms with E-state index in [4.69, 9.17) is 4.74 Å². The maximum Gasteiger partial charge on any atom is 0.389 e. The second kappa shape index (κ2) is 8.38. The number of carbonyl (C=O) groups is 2. The molecule has 0 bridgehead atoms. The van der Waals surface area contributed by atoms with Gasteiger partial charge in [-0.15, -0.1) is 0 Å². The predicted molar refractivity (Wildman–Crippen MR) is 92.2 cm³/mol. The molecule has 0 spiro atoms. The van der Waals surface area contributed by atoms with Gasteiger partial charge >= 0.3 is 11.8 Å². The van der Waals surface area contributed by atoms with Gasteiger partial charge in [0.2, 0.25) is 5.91 Å². The fourth-order valence-corrected chi connectivity index (χ4v) is 2.30. The van der Waals surface area contributed by atoms with E-state index in [9.17, 15) is 19.7 Å². The zero-order valence-corrected chi connectivity index (χ0v) is 14.9. The highest BCUT2D eigenvalue weighted by molar-refractivity contribution is 9.10. The van der Waals surface area contributed by atoms with Crippen molar-refractivity contribution in [3.8, 4) is 0 Å². The van der Waals surface area contributed by atoms with Crippen molar-refractivity contribution in [3.05, 3.63) is 50.6 Å². The number of anilines is 1. The Labute approximate surface area is 151 Å². The first-order valence-corrected chi connectivity index (χ1v) is 8.14. The molecule has 132 valence electrons. The quantitative estimate of drug-likeness (QED) is 0.426. The Bertz CT molecular complexity index is 805. The number of nitrogens with zero attached hydrogens (tertiary/aromatic N) is 3. The molecule has 2 aromatic rings. The highest BCUT2D eigenvalue weighted by atomic mass is 79.9. The summed E-state index contributed by atoms with van der Waals surface area (Å²) >= 11 is 3.27. The van der Waals surface area contributed by atoms with E-state index in [2.05, 4.69) is 26.3 Å². The third-order valence-corrected chi connectivity index (χ3v) is 3.53. The van der Waals surface area contributed by atoms with Crippen LogP contribution in [0.15, 0.2) is 34.9 Å². The summed E-state index contributed by atoms with van der Waals surface area (Å²) in [5.74, 6) is -1.38. The van der Waals surface area contributed by atoms with Crippen molar-refractivity contribution >= 4 is 39.3 Å². The summed E-state index contributed by atoms with van der Waals surface area (Å²) in [5.41, 5.74) is 0.499. The van der Waals surface area contributed by atoms with Gasteiger partial charge in [-0.2, -0.15) is 4.68 Å². The highest BCUT2D eigenvalue weighted by Gasteiger charge is 2.17. The van der Waals surface area contributed by atoms with E-state index in [0.717, 1.165) is 4.68 Å². The van der Waals surface area contributed by atoms with Crippen molar-refractivity contribution in [1.82, 2.24) is 9.78 Å². The van der Waals surface area contributed by atoms with Crippen molar-refractivity contribution in [2.24, 2.45) is 0 Å². The van der Waals surface area contributed by atoms with Crippen molar-refractivity contribution in [2.75, 3.05) is 11.9 Å². The number of nitro groups is 1. The summed E-state index contributed by atoms with van der Waals surface area (Å²) < 4.78 is 6.90. The van der Waals surface area contributed by atoms with Gasteiger partial charge in [0.05, 0.1) is 35.2 Å². The molecule has 1 aromatic heterocycles. The molecule has 1 heterocycles. The van der Waals surface area contributed by atoms with Gasteiger partial charge in [0, 0.05) is 4.47 Å². The summed E-state index contributed by atoms with van der Waals surface area (Å²) in [6.07, 6.45) is 2.01. The molecule has 10 heteroatoms. The summed E-state index contributed by atoms with van der Waals surface area (Å²) in [4.78, 5) is 34.2. The smallest absolute Gasteiger partial charge is 0.389 e. The van der Waals surface area contributed by atoms with Gasteiger partial charge in [-0.3, -0.25) is 4.79 Å². The van der Waals surface area contributed by atoms with E-state index in [0.29, 0.717) is 10.9 Å². The number of esters is 1. The molecule has 0 saturated carbocycles. The van der Waals surface area contributed by atoms with Crippen LogP contribution in [0.1, 0.15) is 23.7 Å². The summed E-state index contributed by atoms with van der Waals surface area (Å²) in [7, 11) is 0. The van der Waals surface area contributed by atoms with E-state index in [1.165, 1.54) is 12.3 Å². The van der Waals surface area contributed by atoms with Crippen LogP contribution >= 0.6 is 15.9 Å². The van der Waals surface area contributed by atoms with Crippen LogP contribution < -0.4 is 5.32 Å². The van der Waals surface area contributed by atoms with E-state index >= 15 is 0 Å². The molecular formula is C15H15BrN4O5.